The summed E-state index contributed by atoms with van der Waals surface area (Å²) in [5.74, 6) is 0.715. The van der Waals surface area contributed by atoms with Crippen molar-refractivity contribution in [1.29, 1.82) is 0 Å². The van der Waals surface area contributed by atoms with E-state index in [1.165, 1.54) is 0 Å². The van der Waals surface area contributed by atoms with Crippen molar-refractivity contribution >= 4 is 5.91 Å². The Morgan fingerprint density at radius 3 is 2.74 bits per heavy atom. The lowest BCUT2D eigenvalue weighted by Gasteiger charge is -2.12. The Bertz CT molecular complexity index is 683. The summed E-state index contributed by atoms with van der Waals surface area (Å²) in [7, 11) is 0. The third-order valence-electron chi connectivity index (χ3n) is 4.07. The number of rotatable bonds is 4. The molecule has 0 saturated carbocycles. The summed E-state index contributed by atoms with van der Waals surface area (Å²) in [6.07, 6.45) is -1.78. The first-order chi connectivity index (χ1) is 11.1. The number of hydrogen-bond acceptors (Lipinski definition) is 5. The van der Waals surface area contributed by atoms with E-state index < -0.39 is 18.2 Å². The molecule has 1 aliphatic rings. The molecule has 1 amide bonds. The number of carbonyl (C=O) groups is 1. The third-order valence-corrected chi connectivity index (χ3v) is 4.07. The number of furan rings is 1. The first-order valence-corrected chi connectivity index (χ1v) is 7.58. The smallest absolute Gasteiger partial charge is 0.255 e. The number of carbonyl (C=O) groups excluding carboxylic acids is 1. The quantitative estimate of drug-likeness (QED) is 0.672. The van der Waals surface area contributed by atoms with Crippen LogP contribution in [0, 0.1) is 6.92 Å². The highest BCUT2D eigenvalue weighted by atomic mass is 16.4. The molecule has 6 heteroatoms. The van der Waals surface area contributed by atoms with E-state index in [2.05, 4.69) is 10.6 Å². The summed E-state index contributed by atoms with van der Waals surface area (Å²) >= 11 is 0. The molecule has 4 N–H and O–H groups in total. The average Bonchev–Trinajstić information content (AvgIpc) is 3.09. The zero-order valence-electron chi connectivity index (χ0n) is 12.8. The van der Waals surface area contributed by atoms with Gasteiger partial charge in [-0.3, -0.25) is 4.79 Å². The predicted octanol–water partition coefficient (Wildman–Crippen LogP) is 0.884. The Morgan fingerprint density at radius 1 is 1.35 bits per heavy atom. The Hall–Kier alpha value is -2.15. The maximum atomic E-state index is 12.3. The zero-order chi connectivity index (χ0) is 16.4. The predicted molar refractivity (Wildman–Crippen MR) is 83.8 cm³/mol. The van der Waals surface area contributed by atoms with Crippen molar-refractivity contribution in [2.75, 3.05) is 6.54 Å². The van der Waals surface area contributed by atoms with E-state index in [1.54, 1.807) is 13.0 Å². The van der Waals surface area contributed by atoms with Gasteiger partial charge in [-0.15, -0.1) is 0 Å². The van der Waals surface area contributed by atoms with Crippen LogP contribution in [0.25, 0.3) is 0 Å². The Morgan fingerprint density at radius 2 is 2.09 bits per heavy atom. The maximum Gasteiger partial charge on any atom is 0.255 e. The van der Waals surface area contributed by atoms with E-state index in [1.807, 2.05) is 30.3 Å². The maximum absolute atomic E-state index is 12.3. The van der Waals surface area contributed by atoms with E-state index in [-0.39, 0.29) is 5.91 Å². The van der Waals surface area contributed by atoms with Gasteiger partial charge in [-0.1, -0.05) is 30.3 Å². The van der Waals surface area contributed by atoms with Crippen molar-refractivity contribution in [3.05, 3.63) is 59.0 Å². The molecule has 0 aliphatic carbocycles. The number of nitrogens with one attached hydrogen (secondary N) is 2. The number of amides is 1. The summed E-state index contributed by atoms with van der Waals surface area (Å²) in [6.45, 7) is 2.43. The van der Waals surface area contributed by atoms with Crippen LogP contribution in [0.4, 0.5) is 0 Å². The van der Waals surface area contributed by atoms with E-state index in [0.29, 0.717) is 30.2 Å². The minimum atomic E-state index is -0.944. The van der Waals surface area contributed by atoms with Crippen LogP contribution in [0.15, 0.2) is 40.8 Å². The number of hydrogen-bond donors (Lipinski definition) is 4. The van der Waals surface area contributed by atoms with Crippen LogP contribution in [0.5, 0.6) is 0 Å². The lowest BCUT2D eigenvalue weighted by atomic mass is 10.1. The molecule has 122 valence electrons. The van der Waals surface area contributed by atoms with Crippen LogP contribution in [0.3, 0.4) is 0 Å². The van der Waals surface area contributed by atoms with Crippen LogP contribution in [0.2, 0.25) is 0 Å². The molecule has 0 unspecified atom stereocenters. The van der Waals surface area contributed by atoms with Gasteiger partial charge in [0.1, 0.15) is 17.6 Å². The van der Waals surface area contributed by atoms with Gasteiger partial charge in [0.15, 0.2) is 0 Å². The molecule has 23 heavy (non-hydrogen) atoms. The summed E-state index contributed by atoms with van der Waals surface area (Å²) in [5.41, 5.74) is 1.45. The Balaban J connectivity index is 1.69. The first kappa shape index (κ1) is 15.7. The molecule has 0 spiro atoms. The van der Waals surface area contributed by atoms with Gasteiger partial charge in [0, 0.05) is 13.1 Å². The SMILES string of the molecule is Cc1oc([C@@H]2NC[C@@H](O)[C@H]2O)cc1C(=O)NCc1ccccc1. The van der Waals surface area contributed by atoms with Gasteiger partial charge in [-0.25, -0.2) is 0 Å². The summed E-state index contributed by atoms with van der Waals surface area (Å²) in [5, 5.41) is 25.4. The molecule has 2 aromatic rings. The first-order valence-electron chi connectivity index (χ1n) is 7.58. The van der Waals surface area contributed by atoms with Crippen LogP contribution in [-0.2, 0) is 6.54 Å². The Labute approximate surface area is 134 Å². The van der Waals surface area contributed by atoms with Crippen LogP contribution in [-0.4, -0.2) is 34.9 Å². The number of β-amino-alcohol motifs (C(OH)–C–C–N with tert-alkyl or cyclic N) is 1. The highest BCUT2D eigenvalue weighted by Crippen LogP contribution is 2.27. The summed E-state index contributed by atoms with van der Waals surface area (Å²) in [4.78, 5) is 12.3. The fourth-order valence-electron chi connectivity index (χ4n) is 2.74. The zero-order valence-corrected chi connectivity index (χ0v) is 12.8. The van der Waals surface area contributed by atoms with E-state index in [0.717, 1.165) is 5.56 Å². The molecule has 1 saturated heterocycles. The average molecular weight is 316 g/mol. The van der Waals surface area contributed by atoms with Gasteiger partial charge in [0.25, 0.3) is 5.91 Å². The second-order valence-electron chi connectivity index (χ2n) is 5.73. The number of benzene rings is 1. The van der Waals surface area contributed by atoms with Gasteiger partial charge < -0.3 is 25.3 Å². The molecule has 3 atom stereocenters. The van der Waals surface area contributed by atoms with Crippen molar-refractivity contribution in [3.8, 4) is 0 Å². The molecule has 0 bridgehead atoms. The molecule has 6 nitrogen and oxygen atoms in total. The molecule has 1 fully saturated rings. The van der Waals surface area contributed by atoms with Crippen LogP contribution >= 0.6 is 0 Å². The van der Waals surface area contributed by atoms with Gasteiger partial charge in [0.05, 0.1) is 17.7 Å². The highest BCUT2D eigenvalue weighted by molar-refractivity contribution is 5.95. The lowest BCUT2D eigenvalue weighted by molar-refractivity contribution is 0.0368. The van der Waals surface area contributed by atoms with Gasteiger partial charge in [-0.05, 0) is 18.6 Å². The molecule has 1 aliphatic heterocycles. The normalized spacial score (nSPS) is 23.9. The molecular weight excluding hydrogens is 296 g/mol. The molecule has 2 heterocycles. The topological polar surface area (TPSA) is 94.7 Å². The van der Waals surface area contributed by atoms with E-state index in [9.17, 15) is 15.0 Å². The third kappa shape index (κ3) is 3.29. The van der Waals surface area contributed by atoms with Crippen LogP contribution < -0.4 is 10.6 Å². The summed E-state index contributed by atoms with van der Waals surface area (Å²) < 4.78 is 5.60. The molecule has 1 aromatic carbocycles. The van der Waals surface area contributed by atoms with Crippen molar-refractivity contribution in [2.24, 2.45) is 0 Å². The monoisotopic (exact) mass is 316 g/mol. The molecule has 1 aromatic heterocycles. The van der Waals surface area contributed by atoms with Crippen LogP contribution in [0.1, 0.15) is 33.5 Å². The fourth-order valence-corrected chi connectivity index (χ4v) is 2.74. The van der Waals surface area contributed by atoms with Gasteiger partial charge in [0.2, 0.25) is 0 Å². The molecular formula is C17H20N2O4. The second-order valence-corrected chi connectivity index (χ2v) is 5.73. The van der Waals surface area contributed by atoms with E-state index >= 15 is 0 Å². The standard InChI is InChI=1S/C17H20N2O4/c1-10-12(17(22)19-8-11-5-3-2-4-6-11)7-14(23-10)15-16(21)13(20)9-18-15/h2-7,13,15-16,18,20-21H,8-9H2,1H3,(H,19,22)/t13-,15+,16-/m1/s1. The fraction of sp³-hybridized carbons (Fsp3) is 0.353. The number of aryl methyl sites for hydroxylation is 1. The van der Waals surface area contributed by atoms with Gasteiger partial charge >= 0.3 is 0 Å². The van der Waals surface area contributed by atoms with E-state index in [4.69, 9.17) is 4.42 Å². The molecule has 0 radical (unpaired) electrons. The van der Waals surface area contributed by atoms with Crippen molar-refractivity contribution in [3.63, 3.8) is 0 Å². The minimum Gasteiger partial charge on any atom is -0.464 e. The number of aliphatic hydroxyl groups is 2. The lowest BCUT2D eigenvalue weighted by Crippen LogP contribution is -2.25. The second kappa shape index (κ2) is 6.54. The number of aliphatic hydroxyl groups excluding tert-OH is 2. The minimum absolute atomic E-state index is 0.227. The largest absolute Gasteiger partial charge is 0.464 e. The van der Waals surface area contributed by atoms with Gasteiger partial charge in [-0.2, -0.15) is 0 Å². The molecule has 3 rings (SSSR count). The van der Waals surface area contributed by atoms with Crippen molar-refractivity contribution < 1.29 is 19.4 Å². The van der Waals surface area contributed by atoms with Crippen molar-refractivity contribution in [2.45, 2.75) is 31.7 Å². The highest BCUT2D eigenvalue weighted by Gasteiger charge is 2.36. The van der Waals surface area contributed by atoms with Crippen molar-refractivity contribution in [1.82, 2.24) is 10.6 Å². The summed E-state index contributed by atoms with van der Waals surface area (Å²) in [6, 6.07) is 10.8. The Kier molecular flexibility index (Phi) is 4.47.